The van der Waals surface area contributed by atoms with Crippen LogP contribution in [-0.4, -0.2) is 70.5 Å². The number of halogens is 3. The highest BCUT2D eigenvalue weighted by atomic mass is 35.5. The van der Waals surface area contributed by atoms with Crippen LogP contribution in [0.5, 0.6) is 5.75 Å². The van der Waals surface area contributed by atoms with Gasteiger partial charge in [0.25, 0.3) is 0 Å². The Labute approximate surface area is 296 Å². The van der Waals surface area contributed by atoms with Crippen LogP contribution in [0.3, 0.4) is 0 Å². The SMILES string of the molecule is CC(=O)COC1C=CC(C(N)=O)=C(c2c(Cl)c(F)cc3c2[C@H](C)[C@@](CN(C(=O)OC(C)(C)C)C2CCC(C)(O)CC2)(c2ccccc2)O3)C1F. The Morgan fingerprint density at radius 2 is 1.80 bits per heavy atom. The molecule has 2 unspecified atom stereocenters. The van der Waals surface area contributed by atoms with Gasteiger partial charge >= 0.3 is 6.09 Å². The fourth-order valence-electron chi connectivity index (χ4n) is 7.19. The summed E-state index contributed by atoms with van der Waals surface area (Å²) in [6.45, 7) is 9.74. The molecule has 0 saturated heterocycles. The Bertz CT molecular complexity index is 1710. The molecule has 0 spiro atoms. The molecule has 1 heterocycles. The van der Waals surface area contributed by atoms with Crippen molar-refractivity contribution in [2.24, 2.45) is 5.73 Å². The summed E-state index contributed by atoms with van der Waals surface area (Å²) in [5.41, 5.74) is 3.00. The Hall–Kier alpha value is -3.80. The zero-order valence-corrected chi connectivity index (χ0v) is 30.0. The molecular formula is C38H45ClF2N2O7. The van der Waals surface area contributed by atoms with E-state index in [0.717, 1.165) is 6.07 Å². The first-order chi connectivity index (χ1) is 23.3. The van der Waals surface area contributed by atoms with Crippen LogP contribution in [0.1, 0.15) is 89.8 Å². The summed E-state index contributed by atoms with van der Waals surface area (Å²) in [5, 5.41) is 10.3. The van der Waals surface area contributed by atoms with E-state index >= 15 is 8.78 Å². The molecule has 0 radical (unpaired) electrons. The van der Waals surface area contributed by atoms with Crippen molar-refractivity contribution in [1.82, 2.24) is 4.90 Å². The largest absolute Gasteiger partial charge is 0.480 e. The zero-order valence-electron chi connectivity index (χ0n) is 29.2. The highest BCUT2D eigenvalue weighted by Gasteiger charge is 2.53. The molecule has 2 aromatic carbocycles. The quantitative estimate of drug-likeness (QED) is 0.289. The summed E-state index contributed by atoms with van der Waals surface area (Å²) in [5.74, 6) is -2.90. The third-order valence-electron chi connectivity index (χ3n) is 9.74. The van der Waals surface area contributed by atoms with Crippen LogP contribution in [0.25, 0.3) is 5.57 Å². The molecule has 5 rings (SSSR count). The first-order valence-corrected chi connectivity index (χ1v) is 17.2. The molecule has 2 aliphatic carbocycles. The molecule has 1 fully saturated rings. The number of ether oxygens (including phenoxy) is 3. The number of alkyl halides is 1. The van der Waals surface area contributed by atoms with Gasteiger partial charge in [-0.3, -0.25) is 9.59 Å². The van der Waals surface area contributed by atoms with Gasteiger partial charge in [-0.15, -0.1) is 0 Å². The summed E-state index contributed by atoms with van der Waals surface area (Å²) in [6, 6.07) is 9.92. The van der Waals surface area contributed by atoms with Crippen molar-refractivity contribution in [2.45, 2.75) is 108 Å². The Morgan fingerprint density at radius 3 is 2.38 bits per heavy atom. The maximum absolute atomic E-state index is 16.6. The number of carbonyl (C=O) groups is 3. The van der Waals surface area contributed by atoms with Crippen molar-refractivity contribution >= 4 is 35.0 Å². The van der Waals surface area contributed by atoms with Crippen LogP contribution in [0, 0.1) is 5.82 Å². The van der Waals surface area contributed by atoms with E-state index in [2.05, 4.69) is 0 Å². The van der Waals surface area contributed by atoms with E-state index in [1.165, 1.54) is 19.1 Å². The number of benzene rings is 2. The number of ketones is 1. The molecule has 4 atom stereocenters. The van der Waals surface area contributed by atoms with Crippen LogP contribution >= 0.6 is 11.6 Å². The average molecular weight is 715 g/mol. The van der Waals surface area contributed by atoms with Crippen LogP contribution in [0.15, 0.2) is 54.1 Å². The van der Waals surface area contributed by atoms with Crippen molar-refractivity contribution in [3.05, 3.63) is 81.7 Å². The number of hydrogen-bond donors (Lipinski definition) is 2. The maximum Gasteiger partial charge on any atom is 0.410 e. The third kappa shape index (κ3) is 7.45. The van der Waals surface area contributed by atoms with E-state index in [0.29, 0.717) is 36.8 Å². The topological polar surface area (TPSA) is 128 Å². The van der Waals surface area contributed by atoms with E-state index in [-0.39, 0.29) is 40.8 Å². The van der Waals surface area contributed by atoms with Gasteiger partial charge < -0.3 is 30.0 Å². The van der Waals surface area contributed by atoms with E-state index in [1.807, 2.05) is 37.3 Å². The summed E-state index contributed by atoms with van der Waals surface area (Å²) >= 11 is 6.69. The number of nitrogens with zero attached hydrogens (tertiary/aromatic N) is 1. The number of Topliss-reactive ketones (excluding diaryl/α,β-unsaturated/α-hetero) is 1. The van der Waals surface area contributed by atoms with Crippen molar-refractivity contribution in [2.75, 3.05) is 13.2 Å². The standard InChI is InChI=1S/C38H45ClF2N2O7/c1-21(44)19-48-27-13-12-25(34(42)45)30(33(27)41)31-29-22(2)38(23-10-8-7-9-11-23,49-28(29)18-26(40)32(31)39)20-43(35(46)50-36(3,4)5)24-14-16-37(6,47)17-15-24/h7-13,18,22,24,27,33,47H,14-17,19-20H2,1-6H3,(H2,42,45)/t22-,24?,27?,33?,37?,38-/m0/s1. The van der Waals surface area contributed by atoms with Gasteiger partial charge in [-0.05, 0) is 65.9 Å². The fourth-order valence-corrected chi connectivity index (χ4v) is 7.45. The first kappa shape index (κ1) is 37.5. The predicted octanol–water partition coefficient (Wildman–Crippen LogP) is 6.92. The lowest BCUT2D eigenvalue weighted by Gasteiger charge is -2.44. The highest BCUT2D eigenvalue weighted by Crippen LogP contribution is 2.56. The van der Waals surface area contributed by atoms with Gasteiger partial charge in [-0.1, -0.05) is 61.0 Å². The normalized spacial score (nSPS) is 27.8. The molecule has 50 heavy (non-hydrogen) atoms. The molecule has 270 valence electrons. The van der Waals surface area contributed by atoms with Gasteiger partial charge in [0.1, 0.15) is 29.9 Å². The van der Waals surface area contributed by atoms with Crippen molar-refractivity contribution in [3.8, 4) is 5.75 Å². The summed E-state index contributed by atoms with van der Waals surface area (Å²) in [6.07, 6.45) is 0.553. The van der Waals surface area contributed by atoms with E-state index < -0.39 is 64.4 Å². The van der Waals surface area contributed by atoms with Gasteiger partial charge in [-0.2, -0.15) is 0 Å². The molecule has 1 saturated carbocycles. The van der Waals surface area contributed by atoms with Crippen molar-refractivity contribution in [3.63, 3.8) is 0 Å². The average Bonchev–Trinajstić information content (AvgIpc) is 3.30. The molecule has 12 heteroatoms. The highest BCUT2D eigenvalue weighted by molar-refractivity contribution is 6.33. The first-order valence-electron chi connectivity index (χ1n) is 16.8. The summed E-state index contributed by atoms with van der Waals surface area (Å²) in [4.78, 5) is 40.1. The lowest BCUT2D eigenvalue weighted by molar-refractivity contribution is -0.123. The molecule has 9 nitrogen and oxygen atoms in total. The number of nitrogens with two attached hydrogens (primary N) is 1. The van der Waals surface area contributed by atoms with Crippen LogP contribution < -0.4 is 10.5 Å². The summed E-state index contributed by atoms with van der Waals surface area (Å²) < 4.78 is 50.7. The minimum Gasteiger partial charge on any atom is -0.480 e. The second-order valence-electron chi connectivity index (χ2n) is 14.8. The lowest BCUT2D eigenvalue weighted by Crippen LogP contribution is -2.54. The molecule has 3 aliphatic rings. The maximum atomic E-state index is 16.6. The van der Waals surface area contributed by atoms with E-state index in [4.69, 9.17) is 31.5 Å². The Kier molecular flexibility index (Phi) is 10.5. The van der Waals surface area contributed by atoms with Gasteiger partial charge in [-0.25, -0.2) is 13.6 Å². The van der Waals surface area contributed by atoms with Gasteiger partial charge in [0, 0.05) is 40.3 Å². The van der Waals surface area contributed by atoms with Crippen molar-refractivity contribution < 1.29 is 42.5 Å². The smallest absolute Gasteiger partial charge is 0.410 e. The number of rotatable bonds is 9. The molecule has 2 amide bonds. The fraction of sp³-hybridized carbons (Fsp3) is 0.500. The third-order valence-corrected chi connectivity index (χ3v) is 10.1. The molecule has 2 aromatic rings. The Balaban J connectivity index is 1.69. The minimum atomic E-state index is -2.06. The second-order valence-corrected chi connectivity index (χ2v) is 15.2. The van der Waals surface area contributed by atoms with Gasteiger partial charge in [0.2, 0.25) is 5.91 Å². The molecule has 0 aromatic heterocycles. The number of primary amides is 1. The Morgan fingerprint density at radius 1 is 1.16 bits per heavy atom. The molecule has 3 N–H and O–H groups in total. The van der Waals surface area contributed by atoms with Crippen molar-refractivity contribution in [1.29, 1.82) is 0 Å². The molecule has 1 aliphatic heterocycles. The van der Waals surface area contributed by atoms with Crippen LogP contribution in [-0.2, 0) is 24.7 Å². The van der Waals surface area contributed by atoms with E-state index in [1.54, 1.807) is 32.6 Å². The number of carbonyl (C=O) groups excluding carboxylic acids is 3. The van der Waals surface area contributed by atoms with Gasteiger partial charge in [0.05, 0.1) is 17.2 Å². The number of fused-ring (bicyclic) bond motifs is 1. The molecule has 0 bridgehead atoms. The van der Waals surface area contributed by atoms with Crippen LogP contribution in [0.4, 0.5) is 13.6 Å². The molecular weight excluding hydrogens is 670 g/mol. The predicted molar refractivity (Wildman–Crippen MR) is 185 cm³/mol. The van der Waals surface area contributed by atoms with Gasteiger partial charge in [0.15, 0.2) is 17.6 Å². The monoisotopic (exact) mass is 714 g/mol. The second kappa shape index (κ2) is 14.1. The minimum absolute atomic E-state index is 0.0493. The lowest BCUT2D eigenvalue weighted by atomic mass is 9.75. The van der Waals surface area contributed by atoms with E-state index in [9.17, 15) is 19.5 Å². The zero-order chi connectivity index (χ0) is 36.8. The number of amides is 2. The number of aliphatic hydroxyl groups is 1. The number of hydrogen-bond acceptors (Lipinski definition) is 7. The summed E-state index contributed by atoms with van der Waals surface area (Å²) in [7, 11) is 0. The van der Waals surface area contributed by atoms with Crippen LogP contribution in [0.2, 0.25) is 5.02 Å².